The van der Waals surface area contributed by atoms with Crippen LogP contribution in [-0.2, 0) is 19.3 Å². The highest BCUT2D eigenvalue weighted by atomic mass is 14.2. The van der Waals surface area contributed by atoms with Crippen LogP contribution < -0.4 is 0 Å². The Labute approximate surface area is 327 Å². The molecule has 0 fully saturated rings. The van der Waals surface area contributed by atoms with E-state index >= 15 is 0 Å². The van der Waals surface area contributed by atoms with Crippen molar-refractivity contribution in [3.63, 3.8) is 0 Å². The van der Waals surface area contributed by atoms with E-state index in [9.17, 15) is 0 Å². The largest absolute Gasteiger partial charge is 0.0654 e. The highest BCUT2D eigenvalue weighted by Crippen LogP contribution is 2.34. The molecule has 1 atom stereocenters. The Kier molecular flexibility index (Phi) is 31.5. The van der Waals surface area contributed by atoms with Gasteiger partial charge in [-0.25, -0.2) is 0 Å². The molecule has 0 nitrogen and oxygen atoms in total. The van der Waals surface area contributed by atoms with E-state index in [2.05, 4.69) is 69.3 Å². The minimum atomic E-state index is 0.761. The van der Waals surface area contributed by atoms with Crippen molar-refractivity contribution >= 4 is 0 Å². The van der Waals surface area contributed by atoms with Crippen LogP contribution in [0.15, 0.2) is 48.5 Å². The zero-order chi connectivity index (χ0) is 37.0. The fourth-order valence-corrected chi connectivity index (χ4v) is 8.69. The average Bonchev–Trinajstić information content (AvgIpc) is 3.17. The van der Waals surface area contributed by atoms with Gasteiger partial charge in [0.15, 0.2) is 0 Å². The topological polar surface area (TPSA) is 0 Å². The minimum Gasteiger partial charge on any atom is -0.0654 e. The second-order valence-electron chi connectivity index (χ2n) is 16.9. The molecule has 2 rings (SSSR count). The van der Waals surface area contributed by atoms with Crippen LogP contribution in [0, 0.1) is 0 Å². The molecular weight excluding hydrogens is 625 g/mol. The van der Waals surface area contributed by atoms with Gasteiger partial charge in [-0.1, -0.05) is 249 Å². The van der Waals surface area contributed by atoms with Crippen LogP contribution in [0.5, 0.6) is 0 Å². The highest BCUT2D eigenvalue weighted by molar-refractivity contribution is 5.38. The molecule has 0 bridgehead atoms. The lowest BCUT2D eigenvalue weighted by atomic mass is 9.81. The van der Waals surface area contributed by atoms with Crippen molar-refractivity contribution in [2.45, 2.75) is 258 Å². The standard InChI is InChI=1S/C52H90/c1-4-7-10-13-14-15-16-17-18-19-20-21-22-23-24-25-26-27-35-43-49(44-36-29-28-31-39-48-40-32-30-33-41-48)52-47-38-45-50(42-34-11-8-5-2)51(52)46-37-12-9-6-3/h30,32-33,38,40-41,45,47,49H,4-29,31,34-37,39,42-44,46H2,1-3H3. The molecule has 52 heavy (non-hydrogen) atoms. The molecule has 0 radical (unpaired) electrons. The van der Waals surface area contributed by atoms with Gasteiger partial charge in [0.1, 0.15) is 0 Å². The number of rotatable bonds is 38. The zero-order valence-corrected chi connectivity index (χ0v) is 35.7. The molecule has 0 spiro atoms. The van der Waals surface area contributed by atoms with E-state index in [1.807, 2.05) is 0 Å². The molecule has 0 aromatic heterocycles. The number of hydrogen-bond donors (Lipinski definition) is 0. The normalized spacial score (nSPS) is 12.1. The van der Waals surface area contributed by atoms with Gasteiger partial charge < -0.3 is 0 Å². The maximum atomic E-state index is 2.57. The summed E-state index contributed by atoms with van der Waals surface area (Å²) in [4.78, 5) is 0. The van der Waals surface area contributed by atoms with E-state index in [1.165, 1.54) is 237 Å². The van der Waals surface area contributed by atoms with Crippen LogP contribution in [0.3, 0.4) is 0 Å². The van der Waals surface area contributed by atoms with Crippen LogP contribution in [0.1, 0.15) is 261 Å². The smallest absolute Gasteiger partial charge is 0.0159 e. The fourth-order valence-electron chi connectivity index (χ4n) is 8.69. The molecule has 0 saturated heterocycles. The highest BCUT2D eigenvalue weighted by Gasteiger charge is 2.18. The molecule has 0 amide bonds. The van der Waals surface area contributed by atoms with E-state index in [0.29, 0.717) is 0 Å². The third-order valence-electron chi connectivity index (χ3n) is 12.1. The first-order valence-corrected chi connectivity index (χ1v) is 23.9. The summed E-state index contributed by atoms with van der Waals surface area (Å²) in [6.45, 7) is 7.00. The Morgan fingerprint density at radius 2 is 0.712 bits per heavy atom. The van der Waals surface area contributed by atoms with Gasteiger partial charge in [-0.2, -0.15) is 0 Å². The van der Waals surface area contributed by atoms with Crippen molar-refractivity contribution in [1.82, 2.24) is 0 Å². The quantitative estimate of drug-likeness (QED) is 0.0608. The van der Waals surface area contributed by atoms with Gasteiger partial charge >= 0.3 is 0 Å². The Morgan fingerprint density at radius 3 is 1.19 bits per heavy atom. The predicted octanol–water partition coefficient (Wildman–Crippen LogP) is 18.0. The summed E-state index contributed by atoms with van der Waals surface area (Å²) in [6.07, 6.45) is 50.9. The molecule has 0 aliphatic heterocycles. The van der Waals surface area contributed by atoms with Gasteiger partial charge in [0.05, 0.1) is 0 Å². The predicted molar refractivity (Wildman–Crippen MR) is 236 cm³/mol. The summed E-state index contributed by atoms with van der Waals surface area (Å²) in [7, 11) is 0. The summed E-state index contributed by atoms with van der Waals surface area (Å²) in [5, 5.41) is 0. The Balaban J connectivity index is 1.76. The summed E-state index contributed by atoms with van der Waals surface area (Å²) in [5.74, 6) is 0.761. The third-order valence-corrected chi connectivity index (χ3v) is 12.1. The molecule has 0 aliphatic rings. The molecule has 0 aliphatic carbocycles. The van der Waals surface area contributed by atoms with Gasteiger partial charge in [-0.3, -0.25) is 0 Å². The first-order valence-electron chi connectivity index (χ1n) is 23.9. The van der Waals surface area contributed by atoms with Crippen molar-refractivity contribution in [2.75, 3.05) is 0 Å². The van der Waals surface area contributed by atoms with E-state index in [0.717, 1.165) is 5.92 Å². The van der Waals surface area contributed by atoms with Gasteiger partial charge in [0.25, 0.3) is 0 Å². The first-order chi connectivity index (χ1) is 25.8. The van der Waals surface area contributed by atoms with Crippen LogP contribution in [-0.4, -0.2) is 0 Å². The van der Waals surface area contributed by atoms with E-state index in [4.69, 9.17) is 0 Å². The maximum absolute atomic E-state index is 2.57. The van der Waals surface area contributed by atoms with Crippen molar-refractivity contribution in [2.24, 2.45) is 0 Å². The Morgan fingerprint density at radius 1 is 0.327 bits per heavy atom. The molecule has 298 valence electrons. The lowest BCUT2D eigenvalue weighted by Crippen LogP contribution is -2.08. The molecule has 2 aromatic carbocycles. The Bertz CT molecular complexity index is 1000. The number of hydrogen-bond acceptors (Lipinski definition) is 0. The third kappa shape index (κ3) is 24.7. The molecule has 0 N–H and O–H groups in total. The van der Waals surface area contributed by atoms with E-state index in [-0.39, 0.29) is 0 Å². The van der Waals surface area contributed by atoms with E-state index < -0.39 is 0 Å². The SMILES string of the molecule is CCCCCCCCCCCCCCCCCCCCCC(CCCCCCc1ccccc1)c1cccc(CCCCCC)c1CCCCCC. The molecule has 2 aromatic rings. The lowest BCUT2D eigenvalue weighted by molar-refractivity contribution is 0.481. The van der Waals surface area contributed by atoms with Crippen LogP contribution in [0.25, 0.3) is 0 Å². The van der Waals surface area contributed by atoms with Crippen molar-refractivity contribution in [3.8, 4) is 0 Å². The number of unbranched alkanes of at least 4 members (excludes halogenated alkanes) is 27. The second kappa shape index (κ2) is 35.2. The number of benzene rings is 2. The second-order valence-corrected chi connectivity index (χ2v) is 16.9. The van der Waals surface area contributed by atoms with Crippen molar-refractivity contribution < 1.29 is 0 Å². The van der Waals surface area contributed by atoms with Gasteiger partial charge in [0.2, 0.25) is 0 Å². The number of aryl methyl sites for hydroxylation is 2. The van der Waals surface area contributed by atoms with Gasteiger partial charge in [-0.05, 0) is 79.5 Å². The molecule has 1 unspecified atom stereocenters. The molecule has 0 saturated carbocycles. The van der Waals surface area contributed by atoms with Crippen LogP contribution in [0.2, 0.25) is 0 Å². The van der Waals surface area contributed by atoms with Crippen LogP contribution >= 0.6 is 0 Å². The summed E-state index contributed by atoms with van der Waals surface area (Å²) in [5.41, 5.74) is 6.75. The summed E-state index contributed by atoms with van der Waals surface area (Å²) >= 11 is 0. The zero-order valence-electron chi connectivity index (χ0n) is 35.7. The van der Waals surface area contributed by atoms with Crippen LogP contribution in [0.4, 0.5) is 0 Å². The summed E-state index contributed by atoms with van der Waals surface area (Å²) < 4.78 is 0. The van der Waals surface area contributed by atoms with Gasteiger partial charge in [-0.15, -0.1) is 0 Å². The fraction of sp³-hybridized carbons (Fsp3) is 0.769. The lowest BCUT2D eigenvalue weighted by Gasteiger charge is -2.24. The van der Waals surface area contributed by atoms with E-state index in [1.54, 1.807) is 16.7 Å². The minimum absolute atomic E-state index is 0.761. The van der Waals surface area contributed by atoms with Gasteiger partial charge in [0, 0.05) is 0 Å². The molecule has 0 heterocycles. The first kappa shape index (κ1) is 46.6. The van der Waals surface area contributed by atoms with Crippen molar-refractivity contribution in [3.05, 3.63) is 70.8 Å². The maximum Gasteiger partial charge on any atom is -0.0159 e. The Hall–Kier alpha value is -1.56. The molecule has 0 heteroatoms. The summed E-state index contributed by atoms with van der Waals surface area (Å²) in [6, 6.07) is 18.6. The van der Waals surface area contributed by atoms with Crippen molar-refractivity contribution in [1.29, 1.82) is 0 Å². The molecular formula is C52H90. The monoisotopic (exact) mass is 715 g/mol. The average molecular weight is 715 g/mol.